The molecule has 2 aliphatic heterocycles. The molecular formula is C25H21CuF6N3O8S2. The summed E-state index contributed by atoms with van der Waals surface area (Å²) < 4.78 is 127. The molecule has 1 aromatic heterocycles. The minimum atomic E-state index is -5.84. The van der Waals surface area contributed by atoms with Crippen LogP contribution in [-0.2, 0) is 46.8 Å². The van der Waals surface area contributed by atoms with Crippen LogP contribution in [0.3, 0.4) is 0 Å². The zero-order chi connectivity index (χ0) is 32.8. The van der Waals surface area contributed by atoms with Gasteiger partial charge in [0.1, 0.15) is 36.7 Å². The Balaban J connectivity index is 0.000000347. The molecule has 0 saturated heterocycles. The van der Waals surface area contributed by atoms with Gasteiger partial charge in [-0.1, -0.05) is 66.7 Å². The van der Waals surface area contributed by atoms with Gasteiger partial charge >= 0.3 is 31.3 Å². The monoisotopic (exact) mass is 732 g/mol. The summed E-state index contributed by atoms with van der Waals surface area (Å²) >= 11 is 0. The van der Waals surface area contributed by atoms with E-state index in [0.29, 0.717) is 36.4 Å². The second-order valence-electron chi connectivity index (χ2n) is 8.59. The van der Waals surface area contributed by atoms with E-state index in [-0.39, 0.29) is 29.2 Å². The number of ether oxygens (including phenoxy) is 2. The van der Waals surface area contributed by atoms with Gasteiger partial charge in [0.15, 0.2) is 0 Å². The van der Waals surface area contributed by atoms with Crippen LogP contribution >= 0.6 is 0 Å². The average molecular weight is 733 g/mol. The van der Waals surface area contributed by atoms with Crippen LogP contribution in [0.2, 0.25) is 0 Å². The second-order valence-corrected chi connectivity index (χ2v) is 11.4. The third kappa shape index (κ3) is 10.8. The van der Waals surface area contributed by atoms with Crippen LogP contribution in [0.5, 0.6) is 0 Å². The number of nitrogens with zero attached hydrogens (tertiary/aromatic N) is 3. The van der Waals surface area contributed by atoms with Crippen molar-refractivity contribution in [1.82, 2.24) is 4.98 Å². The Kier molecular flexibility index (Phi) is 12.7. The fourth-order valence-electron chi connectivity index (χ4n) is 3.39. The summed E-state index contributed by atoms with van der Waals surface area (Å²) in [5.74, 6) is 1.13. The molecule has 5 rings (SSSR count). The Hall–Kier alpha value is -3.55. The van der Waals surface area contributed by atoms with Crippen molar-refractivity contribution in [2.24, 2.45) is 9.98 Å². The molecule has 3 heterocycles. The first-order valence-corrected chi connectivity index (χ1v) is 14.8. The molecule has 0 saturated carbocycles. The predicted molar refractivity (Wildman–Crippen MR) is 143 cm³/mol. The summed E-state index contributed by atoms with van der Waals surface area (Å²) in [6.07, 6.45) is 0. The Morgan fingerprint density at radius 2 is 0.911 bits per heavy atom. The molecule has 0 fully saturated rings. The molecule has 11 nitrogen and oxygen atoms in total. The first-order valence-electron chi connectivity index (χ1n) is 11.9. The van der Waals surface area contributed by atoms with E-state index in [2.05, 4.69) is 29.2 Å². The molecule has 0 unspecified atom stereocenters. The summed E-state index contributed by atoms with van der Waals surface area (Å²) in [5, 5.41) is 0. The van der Waals surface area contributed by atoms with Gasteiger partial charge in [-0.3, -0.25) is 9.11 Å². The molecular weight excluding hydrogens is 712 g/mol. The Morgan fingerprint density at radius 3 is 1.20 bits per heavy atom. The minimum Gasteiger partial charge on any atom is -0.474 e. The van der Waals surface area contributed by atoms with E-state index in [1.165, 1.54) is 0 Å². The van der Waals surface area contributed by atoms with Crippen LogP contribution in [0.4, 0.5) is 26.3 Å². The third-order valence-electron chi connectivity index (χ3n) is 5.44. The quantitative estimate of drug-likeness (QED) is 0.164. The van der Waals surface area contributed by atoms with Gasteiger partial charge in [0, 0.05) is 17.1 Å². The van der Waals surface area contributed by atoms with E-state index in [1.54, 1.807) is 0 Å². The van der Waals surface area contributed by atoms with E-state index < -0.39 is 31.3 Å². The summed E-state index contributed by atoms with van der Waals surface area (Å²) in [4.78, 5) is 14.1. The van der Waals surface area contributed by atoms with E-state index >= 15 is 0 Å². The van der Waals surface area contributed by atoms with Gasteiger partial charge in [-0.25, -0.2) is 15.0 Å². The van der Waals surface area contributed by atoms with Gasteiger partial charge in [0.2, 0.25) is 11.8 Å². The molecule has 2 atom stereocenters. The van der Waals surface area contributed by atoms with E-state index in [4.69, 9.17) is 45.4 Å². The number of benzene rings is 2. The molecule has 3 aromatic rings. The maximum Gasteiger partial charge on any atom is 0.522 e. The largest absolute Gasteiger partial charge is 0.522 e. The van der Waals surface area contributed by atoms with Crippen molar-refractivity contribution in [2.45, 2.75) is 23.1 Å². The number of rotatable bonds is 4. The van der Waals surface area contributed by atoms with Crippen LogP contribution < -0.4 is 0 Å². The minimum absolute atomic E-state index is 0. The number of pyridine rings is 1. The van der Waals surface area contributed by atoms with E-state index in [9.17, 15) is 26.3 Å². The van der Waals surface area contributed by atoms with Gasteiger partial charge < -0.3 is 9.47 Å². The predicted octanol–water partition coefficient (Wildman–Crippen LogP) is 4.90. The van der Waals surface area contributed by atoms with Crippen LogP contribution in [0.25, 0.3) is 0 Å². The summed E-state index contributed by atoms with van der Waals surface area (Å²) in [6, 6.07) is 26.1. The van der Waals surface area contributed by atoms with Gasteiger partial charge in [0.05, 0.1) is 0 Å². The van der Waals surface area contributed by atoms with Crippen LogP contribution in [0.15, 0.2) is 88.8 Å². The molecule has 0 aliphatic carbocycles. The normalized spacial score (nSPS) is 18.0. The maximum atomic E-state index is 10.7. The SMILES string of the molecule is O=S(=O)(O)C(F)(F)F.O=S(=O)(O)C(F)(F)F.[Cu].c1ccc([C@H]2COC(c3cccc(C4=N[C@@H](c5ccccc5)CO4)n3)=N2)cc1. The first kappa shape index (κ1) is 37.6. The first-order chi connectivity index (χ1) is 20.4. The van der Waals surface area contributed by atoms with Gasteiger partial charge in [-0.15, -0.1) is 0 Å². The zero-order valence-corrected chi connectivity index (χ0v) is 24.7. The topological polar surface area (TPSA) is 165 Å². The maximum absolute atomic E-state index is 10.7. The fraction of sp³-hybridized carbons (Fsp3) is 0.240. The van der Waals surface area contributed by atoms with Crippen LogP contribution in [0.1, 0.15) is 34.6 Å². The molecule has 249 valence electrons. The molecule has 1 radical (unpaired) electrons. The Bertz CT molecular complexity index is 1580. The van der Waals surface area contributed by atoms with Gasteiger partial charge in [0.25, 0.3) is 0 Å². The van der Waals surface area contributed by atoms with Crippen molar-refractivity contribution >= 4 is 32.0 Å². The van der Waals surface area contributed by atoms with E-state index in [0.717, 1.165) is 11.1 Å². The summed E-state index contributed by atoms with van der Waals surface area (Å²) in [6.45, 7) is 1.05. The van der Waals surface area contributed by atoms with Crippen LogP contribution in [0, 0.1) is 0 Å². The number of hydrogen-bond donors (Lipinski definition) is 2. The van der Waals surface area contributed by atoms with Crippen molar-refractivity contribution in [3.05, 3.63) is 101 Å². The van der Waals surface area contributed by atoms with Crippen molar-refractivity contribution in [3.8, 4) is 0 Å². The Labute approximate surface area is 263 Å². The molecule has 20 heteroatoms. The van der Waals surface area contributed by atoms with Crippen molar-refractivity contribution in [2.75, 3.05) is 13.2 Å². The summed E-state index contributed by atoms with van der Waals surface area (Å²) in [7, 11) is -11.7. The molecule has 2 aliphatic rings. The molecule has 0 amide bonds. The molecule has 45 heavy (non-hydrogen) atoms. The van der Waals surface area contributed by atoms with Crippen LogP contribution in [-0.4, -0.2) is 67.0 Å². The molecule has 2 aromatic carbocycles. The standard InChI is InChI=1S/C23H19N3O2.2CHF3O3S.Cu/c1-3-8-16(9-4-1)20-14-27-22(25-20)18-12-7-13-19(24-18)23-26-21(15-28-23)17-10-5-2-6-11-17;2*2-1(3,4)8(5,6)7;/h1-13,20-21H,14-15H2;2*(H,5,6,7);/t20-,21-;;;/m1.../s1. The molecule has 2 N–H and O–H groups in total. The smallest absolute Gasteiger partial charge is 0.474 e. The number of aliphatic imine (C=N–C) groups is 2. The number of aromatic nitrogens is 1. The van der Waals surface area contributed by atoms with Gasteiger partial charge in [-0.2, -0.15) is 43.2 Å². The van der Waals surface area contributed by atoms with Crippen molar-refractivity contribution in [1.29, 1.82) is 0 Å². The van der Waals surface area contributed by atoms with Crippen molar-refractivity contribution in [3.63, 3.8) is 0 Å². The number of halogens is 6. The summed E-state index contributed by atoms with van der Waals surface area (Å²) in [5.41, 5.74) is -7.39. The third-order valence-corrected chi connectivity index (χ3v) is 6.61. The number of alkyl halides is 6. The zero-order valence-electron chi connectivity index (χ0n) is 22.1. The van der Waals surface area contributed by atoms with Crippen molar-refractivity contribution < 1.29 is 78.8 Å². The van der Waals surface area contributed by atoms with Gasteiger partial charge in [-0.05, 0) is 23.3 Å². The Morgan fingerprint density at radius 1 is 0.600 bits per heavy atom. The fourth-order valence-corrected chi connectivity index (χ4v) is 3.39. The molecule has 0 bridgehead atoms. The molecule has 0 spiro atoms. The number of hydrogen-bond acceptors (Lipinski definition) is 9. The average Bonchev–Trinajstić information content (AvgIpc) is 3.64. The second kappa shape index (κ2) is 15.2. The van der Waals surface area contributed by atoms with E-state index in [1.807, 2.05) is 54.6 Å².